The lowest BCUT2D eigenvalue weighted by atomic mass is 10.1. The highest BCUT2D eigenvalue weighted by atomic mass is 32.1. The van der Waals surface area contributed by atoms with Crippen molar-refractivity contribution in [1.82, 2.24) is 15.0 Å². The highest BCUT2D eigenvalue weighted by Crippen LogP contribution is 2.21. The fourth-order valence-corrected chi connectivity index (χ4v) is 3.67. The lowest BCUT2D eigenvalue weighted by Crippen LogP contribution is -2.38. The number of thiophene rings is 1. The fraction of sp³-hybridized carbons (Fsp3) is 0.529. The summed E-state index contributed by atoms with van der Waals surface area (Å²) in [5, 5.41) is 8.34. The maximum absolute atomic E-state index is 5.44. The first-order chi connectivity index (χ1) is 12.9. The van der Waals surface area contributed by atoms with Crippen LogP contribution >= 0.6 is 11.3 Å². The van der Waals surface area contributed by atoms with Gasteiger partial charge in [0.15, 0.2) is 0 Å². The van der Waals surface area contributed by atoms with E-state index in [9.17, 15) is 0 Å². The molecular formula is C17H23N7OS. The van der Waals surface area contributed by atoms with E-state index in [1.165, 1.54) is 19.3 Å². The summed E-state index contributed by atoms with van der Waals surface area (Å²) in [6.45, 7) is 4.96. The van der Waals surface area contributed by atoms with Gasteiger partial charge in [-0.3, -0.25) is 0 Å². The van der Waals surface area contributed by atoms with E-state index in [0.29, 0.717) is 25.1 Å². The van der Waals surface area contributed by atoms with Gasteiger partial charge in [0.1, 0.15) is 0 Å². The van der Waals surface area contributed by atoms with Crippen LogP contribution in [0.3, 0.4) is 0 Å². The number of nitrogens with one attached hydrogen (secondary N) is 1. The molecule has 0 unspecified atom stereocenters. The molecule has 2 aliphatic heterocycles. The van der Waals surface area contributed by atoms with E-state index in [2.05, 4.69) is 30.3 Å². The van der Waals surface area contributed by atoms with Crippen molar-refractivity contribution >= 4 is 35.4 Å². The van der Waals surface area contributed by atoms with Crippen molar-refractivity contribution in [3.8, 4) is 0 Å². The summed E-state index contributed by atoms with van der Waals surface area (Å²) >= 11 is 1.64. The van der Waals surface area contributed by atoms with Gasteiger partial charge in [0.2, 0.25) is 17.8 Å². The fourth-order valence-electron chi connectivity index (χ4n) is 3.06. The smallest absolute Gasteiger partial charge is 0.250 e. The quantitative estimate of drug-likeness (QED) is 0.636. The summed E-state index contributed by atoms with van der Waals surface area (Å²) in [7, 11) is 0. The molecule has 2 aliphatic rings. The molecule has 0 atom stereocenters. The van der Waals surface area contributed by atoms with Gasteiger partial charge in [0.25, 0.3) is 0 Å². The predicted molar refractivity (Wildman–Crippen MR) is 104 cm³/mol. The molecule has 2 fully saturated rings. The van der Waals surface area contributed by atoms with Gasteiger partial charge in [-0.05, 0) is 36.1 Å². The molecule has 2 aromatic heterocycles. The molecule has 0 bridgehead atoms. The third-order valence-corrected chi connectivity index (χ3v) is 5.17. The van der Waals surface area contributed by atoms with E-state index in [0.717, 1.165) is 37.7 Å². The first kappa shape index (κ1) is 17.2. The van der Waals surface area contributed by atoms with Crippen LogP contribution in [-0.2, 0) is 4.74 Å². The Morgan fingerprint density at radius 3 is 2.42 bits per heavy atom. The molecule has 0 spiro atoms. The molecule has 0 amide bonds. The molecule has 0 aromatic carbocycles. The molecule has 0 saturated carbocycles. The molecule has 9 heteroatoms. The van der Waals surface area contributed by atoms with Crippen LogP contribution in [-0.4, -0.2) is 60.6 Å². The first-order valence-corrected chi connectivity index (χ1v) is 9.98. The minimum absolute atomic E-state index is 0.480. The topological polar surface area (TPSA) is 78.8 Å². The predicted octanol–water partition coefficient (Wildman–Crippen LogP) is 2.21. The lowest BCUT2D eigenvalue weighted by molar-refractivity contribution is 0.122. The zero-order valence-corrected chi connectivity index (χ0v) is 15.5. The Morgan fingerprint density at radius 2 is 1.73 bits per heavy atom. The first-order valence-electron chi connectivity index (χ1n) is 9.03. The monoisotopic (exact) mass is 373 g/mol. The minimum Gasteiger partial charge on any atom is -0.378 e. The lowest BCUT2D eigenvalue weighted by Gasteiger charge is -2.30. The second-order valence-corrected chi connectivity index (χ2v) is 7.11. The SMILES string of the molecule is C(=N/Nc1nc(N2CCCCC2)nc(N2CCOCC2)n1)/c1ccsc1. The van der Waals surface area contributed by atoms with Gasteiger partial charge >= 0.3 is 0 Å². The van der Waals surface area contributed by atoms with Crippen LogP contribution in [0, 0.1) is 0 Å². The molecule has 2 saturated heterocycles. The van der Waals surface area contributed by atoms with E-state index in [1.807, 2.05) is 16.8 Å². The van der Waals surface area contributed by atoms with Crippen LogP contribution < -0.4 is 15.2 Å². The van der Waals surface area contributed by atoms with Crippen LogP contribution in [0.15, 0.2) is 21.9 Å². The second-order valence-electron chi connectivity index (χ2n) is 6.33. The van der Waals surface area contributed by atoms with Crippen molar-refractivity contribution in [3.05, 3.63) is 22.4 Å². The zero-order chi connectivity index (χ0) is 17.6. The largest absolute Gasteiger partial charge is 0.378 e. The summed E-state index contributed by atoms with van der Waals surface area (Å²) in [4.78, 5) is 18.3. The Hall–Kier alpha value is -2.26. The molecule has 138 valence electrons. The molecule has 0 radical (unpaired) electrons. The van der Waals surface area contributed by atoms with E-state index in [-0.39, 0.29) is 0 Å². The Bertz CT molecular complexity index is 688. The van der Waals surface area contributed by atoms with Gasteiger partial charge in [0.05, 0.1) is 19.4 Å². The molecule has 8 nitrogen and oxygen atoms in total. The van der Waals surface area contributed by atoms with Gasteiger partial charge in [-0.25, -0.2) is 5.43 Å². The standard InChI is InChI=1S/C17H23N7OS/c1-2-5-23(6-3-1)16-19-15(22-18-12-14-4-11-26-13-14)20-17(21-16)24-7-9-25-10-8-24/h4,11-13H,1-3,5-10H2,(H,19,20,21,22)/b18-12-. The highest BCUT2D eigenvalue weighted by Gasteiger charge is 2.20. The van der Waals surface area contributed by atoms with Crippen molar-refractivity contribution in [2.45, 2.75) is 19.3 Å². The molecule has 4 heterocycles. The van der Waals surface area contributed by atoms with Crippen LogP contribution in [0.5, 0.6) is 0 Å². The molecule has 1 N–H and O–H groups in total. The Kier molecular flexibility index (Phi) is 5.56. The normalized spacial score (nSPS) is 18.5. The molecule has 2 aromatic rings. The minimum atomic E-state index is 0.480. The third kappa shape index (κ3) is 4.28. The number of anilines is 3. The van der Waals surface area contributed by atoms with Gasteiger partial charge in [-0.2, -0.15) is 31.4 Å². The van der Waals surface area contributed by atoms with Crippen LogP contribution in [0.1, 0.15) is 24.8 Å². The van der Waals surface area contributed by atoms with Gasteiger partial charge in [-0.1, -0.05) is 0 Å². The molecular weight excluding hydrogens is 350 g/mol. The highest BCUT2D eigenvalue weighted by molar-refractivity contribution is 7.08. The van der Waals surface area contributed by atoms with E-state index >= 15 is 0 Å². The second kappa shape index (κ2) is 8.41. The van der Waals surface area contributed by atoms with E-state index in [1.54, 1.807) is 17.6 Å². The average molecular weight is 373 g/mol. The van der Waals surface area contributed by atoms with Crippen molar-refractivity contribution in [2.24, 2.45) is 5.10 Å². The number of rotatable bonds is 5. The zero-order valence-electron chi connectivity index (χ0n) is 14.7. The van der Waals surface area contributed by atoms with E-state index < -0.39 is 0 Å². The number of hydrogen-bond acceptors (Lipinski definition) is 9. The summed E-state index contributed by atoms with van der Waals surface area (Å²) in [6.07, 6.45) is 5.40. The molecule has 4 rings (SSSR count). The maximum atomic E-state index is 5.44. The summed E-state index contributed by atoms with van der Waals surface area (Å²) < 4.78 is 5.44. The summed E-state index contributed by atoms with van der Waals surface area (Å²) in [5.74, 6) is 1.90. The number of piperidine rings is 1. The number of morpholine rings is 1. The van der Waals surface area contributed by atoms with Crippen LogP contribution in [0.25, 0.3) is 0 Å². The Labute approximate surface area is 156 Å². The van der Waals surface area contributed by atoms with Crippen molar-refractivity contribution in [2.75, 3.05) is 54.6 Å². The molecule has 0 aliphatic carbocycles. The Morgan fingerprint density at radius 1 is 1.00 bits per heavy atom. The van der Waals surface area contributed by atoms with Crippen molar-refractivity contribution < 1.29 is 4.74 Å². The van der Waals surface area contributed by atoms with Crippen molar-refractivity contribution in [3.63, 3.8) is 0 Å². The van der Waals surface area contributed by atoms with Crippen LogP contribution in [0.2, 0.25) is 0 Å². The van der Waals surface area contributed by atoms with Gasteiger partial charge < -0.3 is 14.5 Å². The van der Waals surface area contributed by atoms with Crippen LogP contribution in [0.4, 0.5) is 17.8 Å². The average Bonchev–Trinajstić information content (AvgIpc) is 3.23. The maximum Gasteiger partial charge on any atom is 0.250 e. The number of nitrogens with zero attached hydrogens (tertiary/aromatic N) is 6. The number of aromatic nitrogens is 3. The third-order valence-electron chi connectivity index (χ3n) is 4.47. The van der Waals surface area contributed by atoms with Gasteiger partial charge in [0, 0.05) is 31.7 Å². The number of ether oxygens (including phenoxy) is 1. The van der Waals surface area contributed by atoms with E-state index in [4.69, 9.17) is 9.72 Å². The summed E-state index contributed by atoms with van der Waals surface area (Å²) in [6, 6.07) is 2.02. The van der Waals surface area contributed by atoms with Gasteiger partial charge in [-0.15, -0.1) is 0 Å². The Balaban J connectivity index is 1.56. The number of hydrogen-bond donors (Lipinski definition) is 1. The number of hydrazone groups is 1. The summed E-state index contributed by atoms with van der Waals surface area (Å²) in [5.41, 5.74) is 4.03. The molecule has 26 heavy (non-hydrogen) atoms. The van der Waals surface area contributed by atoms with Crippen molar-refractivity contribution in [1.29, 1.82) is 0 Å².